The molecule has 0 saturated carbocycles. The van der Waals surface area contributed by atoms with Crippen molar-refractivity contribution in [2.75, 3.05) is 4.90 Å². The van der Waals surface area contributed by atoms with Crippen molar-refractivity contribution in [1.29, 1.82) is 0 Å². The molecule has 1 heteroatoms. The summed E-state index contributed by atoms with van der Waals surface area (Å²) < 4.78 is 0. The fourth-order valence-corrected chi connectivity index (χ4v) is 10.5. The van der Waals surface area contributed by atoms with Crippen molar-refractivity contribution in [2.45, 2.75) is 11.8 Å². The molecule has 0 bridgehead atoms. The van der Waals surface area contributed by atoms with Crippen LogP contribution < -0.4 is 4.90 Å². The minimum atomic E-state index is -0.375. The zero-order chi connectivity index (χ0) is 40.3. The van der Waals surface area contributed by atoms with Crippen LogP contribution in [0.5, 0.6) is 0 Å². The monoisotopic (exact) mass is 775 g/mol. The first-order valence-corrected chi connectivity index (χ1v) is 21.3. The first-order chi connectivity index (χ1) is 30.3. The summed E-state index contributed by atoms with van der Waals surface area (Å²) in [6.45, 7) is 0. The van der Waals surface area contributed by atoms with E-state index in [4.69, 9.17) is 0 Å². The summed E-state index contributed by atoms with van der Waals surface area (Å²) in [5, 5.41) is 4.96. The lowest BCUT2D eigenvalue weighted by atomic mass is 9.70. The van der Waals surface area contributed by atoms with Crippen molar-refractivity contribution in [2.24, 2.45) is 0 Å². The summed E-state index contributed by atoms with van der Waals surface area (Å²) in [6, 6.07) is 85.1. The van der Waals surface area contributed by atoms with Crippen LogP contribution in [0.4, 0.5) is 17.1 Å². The molecule has 0 unspecified atom stereocenters. The Hall–Kier alpha value is -7.74. The van der Waals surface area contributed by atoms with Crippen molar-refractivity contribution in [3.05, 3.63) is 269 Å². The average Bonchev–Trinajstić information content (AvgIpc) is 3.79. The zero-order valence-corrected chi connectivity index (χ0v) is 33.7. The van der Waals surface area contributed by atoms with Crippen LogP contribution in [0.25, 0.3) is 55.4 Å². The van der Waals surface area contributed by atoms with Gasteiger partial charge in [-0.05, 0) is 120 Å². The van der Waals surface area contributed by atoms with E-state index in [2.05, 4.69) is 241 Å². The van der Waals surface area contributed by atoms with Crippen molar-refractivity contribution in [1.82, 2.24) is 0 Å². The lowest BCUT2D eigenvalue weighted by Crippen LogP contribution is -2.25. The number of hydrogen-bond acceptors (Lipinski definition) is 1. The van der Waals surface area contributed by atoms with E-state index in [0.29, 0.717) is 0 Å². The Morgan fingerprint density at radius 3 is 1.59 bits per heavy atom. The molecular formula is C60H41N. The molecule has 0 heterocycles. The molecule has 1 nitrogen and oxygen atoms in total. The van der Waals surface area contributed by atoms with E-state index >= 15 is 0 Å². The number of nitrogens with zero attached hydrogens (tertiary/aromatic N) is 1. The lowest BCUT2D eigenvalue weighted by molar-refractivity contribution is 0.794. The maximum absolute atomic E-state index is 2.46. The van der Waals surface area contributed by atoms with E-state index in [1.165, 1.54) is 88.3 Å². The van der Waals surface area contributed by atoms with Crippen LogP contribution in [-0.4, -0.2) is 0 Å². The smallest absolute Gasteiger partial charge is 0.0725 e. The zero-order valence-electron chi connectivity index (χ0n) is 33.7. The second-order valence-electron chi connectivity index (χ2n) is 16.4. The van der Waals surface area contributed by atoms with Crippen LogP contribution in [0.3, 0.4) is 0 Å². The Labute approximate surface area is 357 Å². The highest BCUT2D eigenvalue weighted by molar-refractivity contribution is 6.01. The maximum Gasteiger partial charge on any atom is 0.0725 e. The molecule has 2 aliphatic carbocycles. The van der Waals surface area contributed by atoms with Gasteiger partial charge in [0.1, 0.15) is 0 Å². The van der Waals surface area contributed by atoms with Crippen LogP contribution in [0.15, 0.2) is 231 Å². The van der Waals surface area contributed by atoms with E-state index in [0.717, 1.165) is 23.5 Å². The molecule has 10 aromatic rings. The number of rotatable bonds is 7. The Morgan fingerprint density at radius 2 is 0.902 bits per heavy atom. The predicted octanol–water partition coefficient (Wildman–Crippen LogP) is 15.6. The van der Waals surface area contributed by atoms with Gasteiger partial charge in [-0.15, -0.1) is 0 Å². The fourth-order valence-electron chi connectivity index (χ4n) is 10.5. The van der Waals surface area contributed by atoms with Gasteiger partial charge in [-0.2, -0.15) is 0 Å². The fraction of sp³-hybridized carbons (Fsp3) is 0.0333. The van der Waals surface area contributed by atoms with E-state index in [9.17, 15) is 0 Å². The molecule has 0 N–H and O–H groups in total. The third kappa shape index (κ3) is 5.55. The molecule has 10 aromatic carbocycles. The summed E-state index contributed by atoms with van der Waals surface area (Å²) in [7, 11) is 0. The van der Waals surface area contributed by atoms with Crippen molar-refractivity contribution in [3.63, 3.8) is 0 Å². The topological polar surface area (TPSA) is 3.24 Å². The summed E-state index contributed by atoms with van der Waals surface area (Å²) in [6.07, 6.45) is 3.19. The molecule has 0 aromatic heterocycles. The van der Waals surface area contributed by atoms with Crippen LogP contribution >= 0.6 is 0 Å². The van der Waals surface area contributed by atoms with Gasteiger partial charge >= 0.3 is 0 Å². The van der Waals surface area contributed by atoms with E-state index < -0.39 is 0 Å². The largest absolute Gasteiger partial charge is 0.310 e. The van der Waals surface area contributed by atoms with Crippen LogP contribution in [0.1, 0.15) is 38.9 Å². The number of fused-ring (bicyclic) bond motifs is 12. The van der Waals surface area contributed by atoms with Crippen molar-refractivity contribution >= 4 is 50.3 Å². The molecule has 0 amide bonds. The van der Waals surface area contributed by atoms with Gasteiger partial charge in [0.15, 0.2) is 0 Å². The third-order valence-corrected chi connectivity index (χ3v) is 13.1. The molecule has 2 aliphatic rings. The van der Waals surface area contributed by atoms with Crippen molar-refractivity contribution in [3.8, 4) is 22.3 Å². The molecule has 286 valence electrons. The molecule has 1 spiro atoms. The van der Waals surface area contributed by atoms with Crippen LogP contribution in [-0.2, 0) is 11.8 Å². The normalized spacial score (nSPS) is 13.2. The average molecular weight is 776 g/mol. The number of anilines is 3. The van der Waals surface area contributed by atoms with Gasteiger partial charge in [-0.1, -0.05) is 206 Å². The number of hydrogen-bond donors (Lipinski definition) is 0. The Balaban J connectivity index is 1.00. The standard InChI is InChI=1S/C60H41N/c1-2-16-42(17-3-1)46(39-45-22-14-20-43-18-4-6-23-49(43)45)38-41-32-34-47(35-33-41)61(59-31-15-21-44-19-5-7-24-50(44)59)48-36-37-58-54(40-48)53-27-10-13-30-57(53)60(58)55-28-11-8-25-51(55)52-26-9-12-29-56(52)60/h1-37,39-40H,38H2/b46-39-. The highest BCUT2D eigenvalue weighted by Crippen LogP contribution is 2.63. The summed E-state index contributed by atoms with van der Waals surface area (Å²) in [5.41, 5.74) is 18.7. The molecule has 0 atom stereocenters. The highest BCUT2D eigenvalue weighted by Gasteiger charge is 2.51. The molecular weight excluding hydrogens is 735 g/mol. The Bertz CT molecular complexity index is 3280. The Morgan fingerprint density at radius 1 is 0.393 bits per heavy atom. The van der Waals surface area contributed by atoms with Gasteiger partial charge in [0.25, 0.3) is 0 Å². The minimum Gasteiger partial charge on any atom is -0.310 e. The molecule has 0 fully saturated rings. The molecule has 0 saturated heterocycles. The van der Waals surface area contributed by atoms with Crippen molar-refractivity contribution < 1.29 is 0 Å². The number of benzene rings is 10. The lowest BCUT2D eigenvalue weighted by Gasteiger charge is -2.31. The van der Waals surface area contributed by atoms with E-state index in [1.54, 1.807) is 0 Å². The third-order valence-electron chi connectivity index (χ3n) is 13.1. The second kappa shape index (κ2) is 14.2. The highest BCUT2D eigenvalue weighted by atomic mass is 15.1. The molecule has 12 rings (SSSR count). The van der Waals surface area contributed by atoms with Crippen LogP contribution in [0.2, 0.25) is 0 Å². The Kier molecular flexibility index (Phi) is 8.21. The quantitative estimate of drug-likeness (QED) is 0.146. The predicted molar refractivity (Wildman–Crippen MR) is 257 cm³/mol. The van der Waals surface area contributed by atoms with E-state index in [1.807, 2.05) is 0 Å². The molecule has 0 radical (unpaired) electrons. The first-order valence-electron chi connectivity index (χ1n) is 21.3. The molecule has 61 heavy (non-hydrogen) atoms. The second-order valence-corrected chi connectivity index (χ2v) is 16.4. The minimum absolute atomic E-state index is 0.375. The SMILES string of the molecule is C(=C(\Cc1ccc(N(c2ccc3c(c2)-c2ccccc2C32c3ccccc3-c3ccccc32)c2cccc3ccccc23)cc1)c1ccccc1)/c1cccc2ccccc12. The van der Waals surface area contributed by atoms with Gasteiger partial charge in [0.05, 0.1) is 11.1 Å². The molecule has 0 aliphatic heterocycles. The summed E-state index contributed by atoms with van der Waals surface area (Å²) >= 11 is 0. The maximum atomic E-state index is 2.46. The van der Waals surface area contributed by atoms with Gasteiger partial charge < -0.3 is 4.90 Å². The number of allylic oxidation sites excluding steroid dienone is 1. The van der Waals surface area contributed by atoms with Gasteiger partial charge in [0.2, 0.25) is 0 Å². The summed E-state index contributed by atoms with van der Waals surface area (Å²) in [4.78, 5) is 2.46. The van der Waals surface area contributed by atoms with Gasteiger partial charge in [-0.3, -0.25) is 0 Å². The van der Waals surface area contributed by atoms with Gasteiger partial charge in [0, 0.05) is 16.8 Å². The summed E-state index contributed by atoms with van der Waals surface area (Å²) in [5.74, 6) is 0. The van der Waals surface area contributed by atoms with Gasteiger partial charge in [-0.25, -0.2) is 0 Å². The van der Waals surface area contributed by atoms with Crippen LogP contribution in [0, 0.1) is 0 Å². The van der Waals surface area contributed by atoms with E-state index in [-0.39, 0.29) is 5.41 Å². The first kappa shape index (κ1) is 35.2.